The zero-order valence-corrected chi connectivity index (χ0v) is 13.3. The van der Waals surface area contributed by atoms with Gasteiger partial charge in [0, 0.05) is 38.4 Å². The summed E-state index contributed by atoms with van der Waals surface area (Å²) in [4.78, 5) is 13.4. The zero-order valence-electron chi connectivity index (χ0n) is 12.5. The van der Waals surface area contributed by atoms with E-state index in [2.05, 4.69) is 4.90 Å². The number of likely N-dealkylation sites (N-methyl/N-ethyl adjacent to an activating group) is 1. The van der Waals surface area contributed by atoms with E-state index < -0.39 is 16.0 Å². The molecular weight excluding hydrogens is 294 g/mol. The van der Waals surface area contributed by atoms with Crippen LogP contribution < -0.4 is 0 Å². The number of sulfonamides is 1. The number of hydrogen-bond donors (Lipinski definition) is 1. The van der Waals surface area contributed by atoms with Gasteiger partial charge in [0.25, 0.3) is 0 Å². The van der Waals surface area contributed by atoms with Crippen LogP contribution in [0.1, 0.15) is 30.4 Å². The monoisotopic (exact) mass is 315 g/mol. The first-order chi connectivity index (χ1) is 9.73. The lowest BCUT2D eigenvalue weighted by atomic mass is 10.3. The quantitative estimate of drug-likeness (QED) is 0.884. The highest BCUT2D eigenvalue weighted by Gasteiger charge is 2.30. The van der Waals surface area contributed by atoms with E-state index in [-0.39, 0.29) is 16.6 Å². The summed E-state index contributed by atoms with van der Waals surface area (Å²) >= 11 is 0. The smallest absolute Gasteiger partial charge is 0.352 e. The van der Waals surface area contributed by atoms with Gasteiger partial charge in [-0.15, -0.1) is 0 Å². The predicted molar refractivity (Wildman–Crippen MR) is 78.0 cm³/mol. The van der Waals surface area contributed by atoms with Crippen molar-refractivity contribution in [1.82, 2.24) is 13.8 Å². The van der Waals surface area contributed by atoms with Gasteiger partial charge >= 0.3 is 5.97 Å². The number of aromatic carboxylic acids is 1. The number of carbonyl (C=O) groups is 1. The molecule has 1 aliphatic rings. The summed E-state index contributed by atoms with van der Waals surface area (Å²) in [5.74, 6) is -1.12. The highest BCUT2D eigenvalue weighted by atomic mass is 32.2. The fraction of sp³-hybridized carbons (Fsp3) is 0.615. The second kappa shape index (κ2) is 5.78. The molecule has 1 N–H and O–H groups in total. The van der Waals surface area contributed by atoms with Crippen LogP contribution in [-0.2, 0) is 10.0 Å². The Kier molecular flexibility index (Phi) is 4.40. The fourth-order valence-electron chi connectivity index (χ4n) is 2.37. The number of carboxylic acids is 1. The summed E-state index contributed by atoms with van der Waals surface area (Å²) < 4.78 is 28.1. The summed E-state index contributed by atoms with van der Waals surface area (Å²) in [7, 11) is -1.69. The number of rotatable bonds is 4. The van der Waals surface area contributed by atoms with Gasteiger partial charge in [0.2, 0.25) is 10.0 Å². The lowest BCUT2D eigenvalue weighted by Crippen LogP contribution is -2.46. The van der Waals surface area contributed by atoms with Crippen molar-refractivity contribution in [3.63, 3.8) is 0 Å². The third-order valence-electron chi connectivity index (χ3n) is 3.70. The minimum atomic E-state index is -3.63. The van der Waals surface area contributed by atoms with Crippen LogP contribution >= 0.6 is 0 Å². The normalized spacial score (nSPS) is 18.3. The Bertz CT molecular complexity index is 628. The molecule has 0 amide bonds. The van der Waals surface area contributed by atoms with Crippen molar-refractivity contribution in [2.75, 3.05) is 33.2 Å². The van der Waals surface area contributed by atoms with E-state index in [0.717, 1.165) is 0 Å². The van der Waals surface area contributed by atoms with Crippen LogP contribution in [0, 0.1) is 0 Å². The highest BCUT2D eigenvalue weighted by Crippen LogP contribution is 2.23. The molecule has 1 aliphatic heterocycles. The molecule has 0 saturated carbocycles. The average molecular weight is 315 g/mol. The van der Waals surface area contributed by atoms with Crippen LogP contribution in [0.3, 0.4) is 0 Å². The van der Waals surface area contributed by atoms with Crippen molar-refractivity contribution >= 4 is 16.0 Å². The second-order valence-electron chi connectivity index (χ2n) is 5.57. The molecule has 1 fully saturated rings. The molecule has 0 spiro atoms. The fourth-order valence-corrected chi connectivity index (χ4v) is 3.82. The largest absolute Gasteiger partial charge is 0.477 e. The molecule has 7 nitrogen and oxygen atoms in total. The van der Waals surface area contributed by atoms with Gasteiger partial charge in [-0.1, -0.05) is 0 Å². The van der Waals surface area contributed by atoms with Gasteiger partial charge in [0.05, 0.1) is 0 Å². The van der Waals surface area contributed by atoms with Gasteiger partial charge in [-0.3, -0.25) is 0 Å². The van der Waals surface area contributed by atoms with Gasteiger partial charge in [0.15, 0.2) is 0 Å². The van der Waals surface area contributed by atoms with Gasteiger partial charge in [0.1, 0.15) is 10.6 Å². The van der Waals surface area contributed by atoms with E-state index >= 15 is 0 Å². The number of carboxylic acid groups (broad SMARTS) is 1. The molecule has 21 heavy (non-hydrogen) atoms. The second-order valence-corrected chi connectivity index (χ2v) is 7.51. The molecule has 0 unspecified atom stereocenters. The van der Waals surface area contributed by atoms with Crippen LogP contribution in [-0.4, -0.2) is 66.5 Å². The summed E-state index contributed by atoms with van der Waals surface area (Å²) in [5.41, 5.74) is -0.00213. The van der Waals surface area contributed by atoms with Gasteiger partial charge in [-0.2, -0.15) is 4.31 Å². The predicted octanol–water partition coefficient (Wildman–Crippen LogP) is 0.703. The molecular formula is C13H21N3O4S. The molecule has 1 aromatic heterocycles. The van der Waals surface area contributed by atoms with Crippen LogP contribution in [0.5, 0.6) is 0 Å². The maximum Gasteiger partial charge on any atom is 0.352 e. The number of aromatic nitrogens is 1. The average Bonchev–Trinajstić information content (AvgIpc) is 2.85. The standard InChI is InChI=1S/C13H21N3O4S/c1-10(2)16-9-11(8-12(16)13(17)18)21(19,20)15-6-4-14(3)5-7-15/h8-10H,4-7H2,1-3H3,(H,17,18). The molecule has 0 radical (unpaired) electrons. The van der Waals surface area contributed by atoms with Gasteiger partial charge < -0.3 is 14.6 Å². The first-order valence-corrected chi connectivity index (χ1v) is 8.31. The van der Waals surface area contributed by atoms with Crippen molar-refractivity contribution in [3.8, 4) is 0 Å². The molecule has 1 aromatic rings. The number of nitrogens with zero attached hydrogens (tertiary/aromatic N) is 3. The zero-order chi connectivity index (χ0) is 15.8. The van der Waals surface area contributed by atoms with E-state index in [1.165, 1.54) is 21.1 Å². The van der Waals surface area contributed by atoms with E-state index in [9.17, 15) is 18.3 Å². The third-order valence-corrected chi connectivity index (χ3v) is 5.56. The highest BCUT2D eigenvalue weighted by molar-refractivity contribution is 7.89. The maximum absolute atomic E-state index is 12.6. The summed E-state index contributed by atoms with van der Waals surface area (Å²) in [5, 5.41) is 9.20. The lowest BCUT2D eigenvalue weighted by Gasteiger charge is -2.31. The Morgan fingerprint density at radius 2 is 1.81 bits per heavy atom. The molecule has 118 valence electrons. The summed E-state index contributed by atoms with van der Waals surface area (Å²) in [6.45, 7) is 5.84. The van der Waals surface area contributed by atoms with E-state index in [1.807, 2.05) is 20.9 Å². The van der Waals surface area contributed by atoms with Gasteiger partial charge in [-0.05, 0) is 27.0 Å². The lowest BCUT2D eigenvalue weighted by molar-refractivity contribution is 0.0683. The van der Waals surface area contributed by atoms with Crippen LogP contribution in [0.4, 0.5) is 0 Å². The molecule has 2 rings (SSSR count). The Balaban J connectivity index is 2.36. The Morgan fingerprint density at radius 3 is 2.24 bits per heavy atom. The van der Waals surface area contributed by atoms with E-state index in [4.69, 9.17) is 0 Å². The first-order valence-electron chi connectivity index (χ1n) is 6.87. The molecule has 1 saturated heterocycles. The maximum atomic E-state index is 12.6. The molecule has 8 heteroatoms. The van der Waals surface area contributed by atoms with Crippen molar-refractivity contribution in [2.24, 2.45) is 0 Å². The van der Waals surface area contributed by atoms with Crippen molar-refractivity contribution in [2.45, 2.75) is 24.8 Å². The van der Waals surface area contributed by atoms with Gasteiger partial charge in [-0.25, -0.2) is 13.2 Å². The first kappa shape index (κ1) is 16.0. The van der Waals surface area contributed by atoms with Crippen LogP contribution in [0.15, 0.2) is 17.2 Å². The van der Waals surface area contributed by atoms with E-state index in [1.54, 1.807) is 0 Å². The number of piperazine rings is 1. The minimum Gasteiger partial charge on any atom is -0.477 e. The summed E-state index contributed by atoms with van der Waals surface area (Å²) in [6.07, 6.45) is 1.42. The molecule has 0 bridgehead atoms. The summed E-state index contributed by atoms with van der Waals surface area (Å²) in [6, 6.07) is 1.13. The molecule has 0 aliphatic carbocycles. The Morgan fingerprint density at radius 1 is 1.24 bits per heavy atom. The van der Waals surface area contributed by atoms with Crippen molar-refractivity contribution < 1.29 is 18.3 Å². The SMILES string of the molecule is CC(C)n1cc(S(=O)(=O)N2CCN(C)CC2)cc1C(=O)O. The topological polar surface area (TPSA) is 82.9 Å². The molecule has 0 atom stereocenters. The van der Waals surface area contributed by atoms with Crippen molar-refractivity contribution in [1.29, 1.82) is 0 Å². The minimum absolute atomic E-state index is 0.00213. The Hall–Kier alpha value is -1.38. The van der Waals surface area contributed by atoms with Crippen molar-refractivity contribution in [3.05, 3.63) is 18.0 Å². The van der Waals surface area contributed by atoms with Crippen LogP contribution in [0.25, 0.3) is 0 Å². The Labute approximate surface area is 124 Å². The van der Waals surface area contributed by atoms with E-state index in [0.29, 0.717) is 26.2 Å². The molecule has 0 aromatic carbocycles. The third kappa shape index (κ3) is 3.12. The number of hydrogen-bond acceptors (Lipinski definition) is 4. The molecule has 2 heterocycles. The van der Waals surface area contributed by atoms with Crippen LogP contribution in [0.2, 0.25) is 0 Å².